The number of unbranched alkanes of at least 4 members (excludes halogenated alkanes) is 1. The van der Waals surface area contributed by atoms with Crippen LogP contribution < -0.4 is 11.1 Å². The number of anilines is 2. The fourth-order valence-corrected chi connectivity index (χ4v) is 2.13. The lowest BCUT2D eigenvalue weighted by Gasteiger charge is -2.29. The summed E-state index contributed by atoms with van der Waals surface area (Å²) in [7, 11) is 0. The molecule has 2 rings (SSSR count). The average Bonchev–Trinajstić information content (AvgIpc) is 2.44. The zero-order valence-corrected chi connectivity index (χ0v) is 12.2. The van der Waals surface area contributed by atoms with Gasteiger partial charge in [-0.3, -0.25) is 0 Å². The van der Waals surface area contributed by atoms with Gasteiger partial charge in [-0.05, 0) is 13.3 Å². The second-order valence-corrected chi connectivity index (χ2v) is 5.40. The highest BCUT2D eigenvalue weighted by molar-refractivity contribution is 5.86. The summed E-state index contributed by atoms with van der Waals surface area (Å²) in [6.07, 6.45) is 3.86. The normalized spacial score (nSPS) is 14.1. The molecule has 114 valence electrons. The number of hydrogen-bond donors (Lipinski definition) is 3. The predicted octanol–water partition coefficient (Wildman–Crippen LogP) is 2.10. The van der Waals surface area contributed by atoms with Gasteiger partial charge in [0.2, 0.25) is 5.95 Å². The predicted molar refractivity (Wildman–Crippen MR) is 80.3 cm³/mol. The van der Waals surface area contributed by atoms with E-state index < -0.39 is 11.4 Å². The van der Waals surface area contributed by atoms with Crippen molar-refractivity contribution in [2.75, 3.05) is 17.7 Å². The largest absolute Gasteiger partial charge is 0.394 e. The lowest BCUT2D eigenvalue weighted by Crippen LogP contribution is -2.39. The Hall–Kier alpha value is -2.02. The van der Waals surface area contributed by atoms with Crippen LogP contribution in [0.2, 0.25) is 0 Å². The van der Waals surface area contributed by atoms with Crippen molar-refractivity contribution in [1.29, 1.82) is 0 Å². The van der Waals surface area contributed by atoms with Crippen LogP contribution in [-0.4, -0.2) is 32.2 Å². The molecule has 21 heavy (non-hydrogen) atoms. The molecule has 0 aliphatic rings. The summed E-state index contributed by atoms with van der Waals surface area (Å²) >= 11 is 0. The van der Waals surface area contributed by atoms with E-state index in [1.165, 1.54) is 6.07 Å². The van der Waals surface area contributed by atoms with E-state index in [0.717, 1.165) is 25.5 Å². The Morgan fingerprint density at radius 2 is 2.19 bits per heavy atom. The second kappa shape index (κ2) is 6.17. The van der Waals surface area contributed by atoms with Crippen LogP contribution in [0.5, 0.6) is 0 Å². The minimum Gasteiger partial charge on any atom is -0.394 e. The van der Waals surface area contributed by atoms with Crippen LogP contribution in [0.25, 0.3) is 11.0 Å². The molecule has 0 aromatic carbocycles. The van der Waals surface area contributed by atoms with Crippen molar-refractivity contribution in [3.63, 3.8) is 0 Å². The van der Waals surface area contributed by atoms with Crippen LogP contribution in [0.3, 0.4) is 0 Å². The molecule has 4 N–H and O–H groups in total. The smallest absolute Gasteiger partial charge is 0.222 e. The number of halogens is 1. The quantitative estimate of drug-likeness (QED) is 0.754. The Kier molecular flexibility index (Phi) is 4.52. The molecule has 0 amide bonds. The van der Waals surface area contributed by atoms with Crippen LogP contribution in [0.4, 0.5) is 16.2 Å². The van der Waals surface area contributed by atoms with Crippen LogP contribution >= 0.6 is 0 Å². The van der Waals surface area contributed by atoms with Gasteiger partial charge in [0, 0.05) is 6.07 Å². The summed E-state index contributed by atoms with van der Waals surface area (Å²) in [5, 5.41) is 12.8. The third-order valence-electron chi connectivity index (χ3n) is 3.37. The summed E-state index contributed by atoms with van der Waals surface area (Å²) in [4.78, 5) is 12.1. The van der Waals surface area contributed by atoms with Gasteiger partial charge in [0.15, 0.2) is 5.82 Å². The van der Waals surface area contributed by atoms with Gasteiger partial charge in [-0.15, -0.1) is 0 Å². The Morgan fingerprint density at radius 3 is 2.86 bits per heavy atom. The van der Waals surface area contributed by atoms with E-state index in [9.17, 15) is 9.50 Å². The van der Waals surface area contributed by atoms with Gasteiger partial charge in [0.25, 0.3) is 0 Å². The lowest BCUT2D eigenvalue weighted by atomic mass is 9.96. The number of hydrogen-bond acceptors (Lipinski definition) is 6. The number of nitrogen functional groups attached to an aromatic ring is 1. The molecule has 0 spiro atoms. The van der Waals surface area contributed by atoms with Crippen molar-refractivity contribution in [3.05, 3.63) is 18.1 Å². The third-order valence-corrected chi connectivity index (χ3v) is 3.37. The summed E-state index contributed by atoms with van der Waals surface area (Å²) in [5.41, 5.74) is 5.88. The first-order valence-corrected chi connectivity index (χ1v) is 6.95. The fraction of sp³-hybridized carbons (Fsp3) is 0.500. The highest BCUT2D eigenvalue weighted by atomic mass is 19.1. The maximum Gasteiger partial charge on any atom is 0.222 e. The molecule has 0 saturated heterocycles. The number of pyridine rings is 1. The zero-order valence-electron chi connectivity index (χ0n) is 12.2. The molecule has 1 atom stereocenters. The molecule has 0 fully saturated rings. The first kappa shape index (κ1) is 15.4. The topological polar surface area (TPSA) is 97.0 Å². The van der Waals surface area contributed by atoms with Crippen molar-refractivity contribution in [2.45, 2.75) is 38.6 Å². The Morgan fingerprint density at radius 1 is 1.43 bits per heavy atom. The number of fused-ring (bicyclic) bond motifs is 1. The summed E-state index contributed by atoms with van der Waals surface area (Å²) in [6, 6.07) is 1.26. The average molecular weight is 293 g/mol. The fourth-order valence-electron chi connectivity index (χ4n) is 2.13. The minimum absolute atomic E-state index is 0.0354. The number of nitrogens with zero attached hydrogens (tertiary/aromatic N) is 3. The zero-order chi connectivity index (χ0) is 15.5. The first-order valence-electron chi connectivity index (χ1n) is 6.95. The molecule has 7 heteroatoms. The number of nitrogens with two attached hydrogens (primary N) is 1. The first-order chi connectivity index (χ1) is 9.97. The lowest BCUT2D eigenvalue weighted by molar-refractivity contribution is 0.212. The van der Waals surface area contributed by atoms with Crippen molar-refractivity contribution in [2.24, 2.45) is 0 Å². The van der Waals surface area contributed by atoms with Crippen molar-refractivity contribution >= 4 is 22.8 Å². The van der Waals surface area contributed by atoms with Crippen LogP contribution in [0, 0.1) is 5.82 Å². The van der Waals surface area contributed by atoms with E-state index in [1.54, 1.807) is 0 Å². The molecular formula is C14H20FN5O. The maximum atomic E-state index is 13.2. The monoisotopic (exact) mass is 293 g/mol. The molecular weight excluding hydrogens is 273 g/mol. The van der Waals surface area contributed by atoms with Gasteiger partial charge in [-0.25, -0.2) is 14.4 Å². The summed E-state index contributed by atoms with van der Waals surface area (Å²) in [5.74, 6) is -0.0409. The molecule has 2 aromatic heterocycles. The third kappa shape index (κ3) is 3.55. The maximum absolute atomic E-state index is 13.2. The van der Waals surface area contributed by atoms with Crippen LogP contribution in [-0.2, 0) is 0 Å². The molecule has 0 bridgehead atoms. The number of aromatic nitrogens is 3. The van der Waals surface area contributed by atoms with Gasteiger partial charge in [0.1, 0.15) is 11.3 Å². The van der Waals surface area contributed by atoms with E-state index in [-0.39, 0.29) is 12.6 Å². The van der Waals surface area contributed by atoms with Crippen molar-refractivity contribution in [3.8, 4) is 0 Å². The van der Waals surface area contributed by atoms with Crippen molar-refractivity contribution in [1.82, 2.24) is 15.0 Å². The van der Waals surface area contributed by atoms with Gasteiger partial charge in [-0.1, -0.05) is 19.8 Å². The molecule has 2 aromatic rings. The van der Waals surface area contributed by atoms with Crippen LogP contribution in [0.1, 0.15) is 33.1 Å². The van der Waals surface area contributed by atoms with Gasteiger partial charge >= 0.3 is 0 Å². The highest BCUT2D eigenvalue weighted by Gasteiger charge is 2.24. The van der Waals surface area contributed by atoms with E-state index in [4.69, 9.17) is 5.73 Å². The van der Waals surface area contributed by atoms with Gasteiger partial charge < -0.3 is 16.2 Å². The molecule has 0 unspecified atom stereocenters. The Bertz CT molecular complexity index is 631. The Labute approximate surface area is 122 Å². The van der Waals surface area contributed by atoms with Crippen molar-refractivity contribution < 1.29 is 9.50 Å². The molecule has 0 aliphatic carbocycles. The number of aliphatic hydroxyl groups is 1. The van der Waals surface area contributed by atoms with Gasteiger partial charge in [-0.2, -0.15) is 4.98 Å². The van der Waals surface area contributed by atoms with Crippen LogP contribution in [0.15, 0.2) is 12.3 Å². The minimum atomic E-state index is -0.542. The molecule has 0 radical (unpaired) electrons. The SMILES string of the molecule is CCCC[C@](C)(CO)Nc1nc(N)nc2cc(F)cnc12. The number of rotatable bonds is 6. The second-order valence-electron chi connectivity index (χ2n) is 5.40. The molecule has 0 aliphatic heterocycles. The highest BCUT2D eigenvalue weighted by Crippen LogP contribution is 2.25. The van der Waals surface area contributed by atoms with E-state index in [0.29, 0.717) is 16.9 Å². The molecule has 0 saturated carbocycles. The number of nitrogens with one attached hydrogen (secondary N) is 1. The summed E-state index contributed by atoms with van der Waals surface area (Å²) < 4.78 is 13.2. The van der Waals surface area contributed by atoms with E-state index >= 15 is 0 Å². The summed E-state index contributed by atoms with van der Waals surface area (Å²) in [6.45, 7) is 3.93. The van der Waals surface area contributed by atoms with Gasteiger partial charge in [0.05, 0.1) is 23.9 Å². The number of aliphatic hydroxyl groups excluding tert-OH is 1. The molecule has 6 nitrogen and oxygen atoms in total. The standard InChI is InChI=1S/C14H20FN5O/c1-3-4-5-14(2,8-21)20-12-11-10(18-13(16)19-12)6-9(15)7-17-11/h6-7,21H,3-5,8H2,1-2H3,(H3,16,18,19,20)/t14-/m1/s1. The Balaban J connectivity index is 2.41. The van der Waals surface area contributed by atoms with E-state index in [1.807, 2.05) is 6.92 Å². The van der Waals surface area contributed by atoms with E-state index in [2.05, 4.69) is 27.2 Å². The molecule has 2 heterocycles.